The number of aromatic nitrogens is 2. The van der Waals surface area contributed by atoms with Crippen molar-refractivity contribution in [1.29, 1.82) is 0 Å². The van der Waals surface area contributed by atoms with Gasteiger partial charge in [0.05, 0.1) is 5.69 Å². The maximum Gasteiger partial charge on any atom is 0.253 e. The monoisotopic (exact) mass is 400 g/mol. The number of aryl methyl sites for hydroxylation is 1. The Morgan fingerprint density at radius 3 is 2.83 bits per heavy atom. The molecule has 1 aromatic heterocycles. The molecule has 154 valence electrons. The Kier molecular flexibility index (Phi) is 5.13. The Morgan fingerprint density at radius 1 is 1.13 bits per heavy atom. The zero-order valence-corrected chi connectivity index (χ0v) is 17.5. The molecule has 1 fully saturated rings. The molecule has 30 heavy (non-hydrogen) atoms. The molecule has 0 radical (unpaired) electrons. The first-order valence-corrected chi connectivity index (χ1v) is 10.9. The molecule has 1 N–H and O–H groups in total. The summed E-state index contributed by atoms with van der Waals surface area (Å²) in [5.74, 6) is 0.451. The molecule has 0 saturated carbocycles. The van der Waals surface area contributed by atoms with Crippen LogP contribution in [0.4, 0.5) is 0 Å². The molecular weight excluding hydrogens is 372 g/mol. The van der Waals surface area contributed by atoms with Crippen LogP contribution in [0.5, 0.6) is 0 Å². The average molecular weight is 401 g/mol. The highest BCUT2D eigenvalue weighted by molar-refractivity contribution is 5.94. The molecule has 3 heterocycles. The first-order valence-electron chi connectivity index (χ1n) is 10.9. The predicted molar refractivity (Wildman–Crippen MR) is 117 cm³/mol. The summed E-state index contributed by atoms with van der Waals surface area (Å²) in [6, 6.07) is 18.5. The van der Waals surface area contributed by atoms with E-state index in [1.54, 1.807) is 0 Å². The summed E-state index contributed by atoms with van der Waals surface area (Å²) in [4.78, 5) is 17.4. The van der Waals surface area contributed by atoms with Gasteiger partial charge in [-0.3, -0.25) is 14.8 Å². The second kappa shape index (κ2) is 8.07. The van der Waals surface area contributed by atoms with Gasteiger partial charge in [-0.2, -0.15) is 5.10 Å². The molecule has 5 nitrogen and oxygen atoms in total. The molecule has 0 aliphatic carbocycles. The fourth-order valence-electron chi connectivity index (χ4n) is 4.82. The maximum atomic E-state index is 12.9. The largest absolute Gasteiger partial charge is 0.338 e. The molecule has 1 unspecified atom stereocenters. The van der Waals surface area contributed by atoms with Crippen LogP contribution in [-0.4, -0.2) is 45.5 Å². The van der Waals surface area contributed by atoms with Crippen LogP contribution < -0.4 is 0 Å². The summed E-state index contributed by atoms with van der Waals surface area (Å²) < 4.78 is 0. The van der Waals surface area contributed by atoms with E-state index in [4.69, 9.17) is 5.10 Å². The molecule has 1 amide bonds. The molecule has 5 rings (SSSR count). The summed E-state index contributed by atoms with van der Waals surface area (Å²) in [5, 5.41) is 8.00. The van der Waals surface area contributed by atoms with E-state index in [0.29, 0.717) is 5.92 Å². The van der Waals surface area contributed by atoms with Gasteiger partial charge in [0.25, 0.3) is 5.91 Å². The van der Waals surface area contributed by atoms with E-state index in [-0.39, 0.29) is 5.91 Å². The Morgan fingerprint density at radius 2 is 2.00 bits per heavy atom. The Hall–Kier alpha value is -2.92. The molecule has 1 atom stereocenters. The number of hydrogen-bond acceptors (Lipinski definition) is 3. The lowest BCUT2D eigenvalue weighted by Gasteiger charge is -2.27. The minimum absolute atomic E-state index is 0.135. The van der Waals surface area contributed by atoms with Gasteiger partial charge >= 0.3 is 0 Å². The van der Waals surface area contributed by atoms with Gasteiger partial charge in [0.2, 0.25) is 0 Å². The second-order valence-corrected chi connectivity index (χ2v) is 8.62. The number of amides is 1. The summed E-state index contributed by atoms with van der Waals surface area (Å²) in [6.07, 6.45) is 1.99. The van der Waals surface area contributed by atoms with E-state index in [0.717, 1.165) is 56.7 Å². The number of H-pyrrole nitrogens is 1. The molecule has 2 aromatic carbocycles. The van der Waals surface area contributed by atoms with Crippen molar-refractivity contribution < 1.29 is 4.79 Å². The summed E-state index contributed by atoms with van der Waals surface area (Å²) >= 11 is 0. The van der Waals surface area contributed by atoms with Crippen molar-refractivity contribution in [3.05, 3.63) is 88.2 Å². The highest BCUT2D eigenvalue weighted by Crippen LogP contribution is 2.33. The number of benzene rings is 2. The van der Waals surface area contributed by atoms with Crippen molar-refractivity contribution >= 4 is 5.91 Å². The van der Waals surface area contributed by atoms with Gasteiger partial charge in [-0.05, 0) is 31.0 Å². The van der Waals surface area contributed by atoms with Crippen molar-refractivity contribution in [2.75, 3.05) is 19.6 Å². The van der Waals surface area contributed by atoms with Gasteiger partial charge in [0, 0.05) is 61.9 Å². The molecule has 0 spiro atoms. The number of fused-ring (bicyclic) bond motifs is 1. The zero-order chi connectivity index (χ0) is 20.5. The van der Waals surface area contributed by atoms with E-state index in [9.17, 15) is 4.79 Å². The van der Waals surface area contributed by atoms with Gasteiger partial charge in [-0.1, -0.05) is 48.0 Å². The quantitative estimate of drug-likeness (QED) is 0.723. The van der Waals surface area contributed by atoms with E-state index in [1.807, 2.05) is 36.1 Å². The zero-order valence-electron chi connectivity index (χ0n) is 17.5. The Balaban J connectivity index is 1.29. The van der Waals surface area contributed by atoms with Gasteiger partial charge in [-0.25, -0.2) is 0 Å². The van der Waals surface area contributed by atoms with E-state index in [2.05, 4.69) is 40.3 Å². The van der Waals surface area contributed by atoms with Crippen LogP contribution in [0.2, 0.25) is 0 Å². The molecule has 5 heteroatoms. The summed E-state index contributed by atoms with van der Waals surface area (Å²) in [6.45, 7) is 6.52. The van der Waals surface area contributed by atoms with Crippen LogP contribution in [0, 0.1) is 6.92 Å². The average Bonchev–Trinajstić information content (AvgIpc) is 3.41. The number of nitrogens with zero attached hydrogens (tertiary/aromatic N) is 3. The van der Waals surface area contributed by atoms with Gasteiger partial charge < -0.3 is 4.90 Å². The molecule has 3 aromatic rings. The second-order valence-electron chi connectivity index (χ2n) is 8.62. The normalized spacial score (nSPS) is 19.1. The third-order valence-electron chi connectivity index (χ3n) is 6.42. The van der Waals surface area contributed by atoms with Crippen molar-refractivity contribution in [3.8, 4) is 0 Å². The number of nitrogens with one attached hydrogen (secondary N) is 1. The Labute approximate surface area is 177 Å². The number of rotatable bonds is 4. The van der Waals surface area contributed by atoms with E-state index >= 15 is 0 Å². The van der Waals surface area contributed by atoms with E-state index in [1.165, 1.54) is 22.5 Å². The number of carbonyl (C=O) groups is 1. The van der Waals surface area contributed by atoms with Crippen LogP contribution in [0.25, 0.3) is 0 Å². The minimum Gasteiger partial charge on any atom is -0.338 e. The van der Waals surface area contributed by atoms with Gasteiger partial charge in [-0.15, -0.1) is 0 Å². The maximum absolute atomic E-state index is 12.9. The molecule has 2 aliphatic rings. The molecule has 0 bridgehead atoms. The smallest absolute Gasteiger partial charge is 0.253 e. The SMILES string of the molecule is Cc1cccc(C(=O)N2CCC(c3n[nH]c4c3CN(Cc3ccccc3)CC4)C2)c1. The summed E-state index contributed by atoms with van der Waals surface area (Å²) in [5.41, 5.74) is 7.05. The first kappa shape index (κ1) is 19.1. The third kappa shape index (κ3) is 3.77. The lowest BCUT2D eigenvalue weighted by Crippen LogP contribution is -2.31. The van der Waals surface area contributed by atoms with Crippen LogP contribution in [0.3, 0.4) is 0 Å². The van der Waals surface area contributed by atoms with E-state index < -0.39 is 0 Å². The number of likely N-dealkylation sites (tertiary alicyclic amines) is 1. The number of hydrogen-bond donors (Lipinski definition) is 1. The van der Waals surface area contributed by atoms with Crippen molar-refractivity contribution in [1.82, 2.24) is 20.0 Å². The van der Waals surface area contributed by atoms with Crippen LogP contribution in [0.1, 0.15) is 50.8 Å². The highest BCUT2D eigenvalue weighted by atomic mass is 16.2. The van der Waals surface area contributed by atoms with Crippen molar-refractivity contribution in [2.24, 2.45) is 0 Å². The standard InChI is InChI=1S/C25H28N4O/c1-18-6-5-9-20(14-18)25(30)29-13-10-21(16-29)24-22-17-28(12-11-23(22)26-27-24)15-19-7-3-2-4-8-19/h2-9,14,21H,10-13,15-17H2,1H3,(H,26,27). The van der Waals surface area contributed by atoms with Crippen molar-refractivity contribution in [2.45, 2.75) is 38.8 Å². The predicted octanol–water partition coefficient (Wildman–Crippen LogP) is 3.91. The number of carbonyl (C=O) groups excluding carboxylic acids is 1. The lowest BCUT2D eigenvalue weighted by atomic mass is 9.96. The van der Waals surface area contributed by atoms with Crippen LogP contribution in [-0.2, 0) is 19.5 Å². The van der Waals surface area contributed by atoms with Gasteiger partial charge in [0.1, 0.15) is 0 Å². The topological polar surface area (TPSA) is 52.2 Å². The fourth-order valence-corrected chi connectivity index (χ4v) is 4.82. The third-order valence-corrected chi connectivity index (χ3v) is 6.42. The van der Waals surface area contributed by atoms with Crippen molar-refractivity contribution in [3.63, 3.8) is 0 Å². The summed E-state index contributed by atoms with van der Waals surface area (Å²) in [7, 11) is 0. The highest BCUT2D eigenvalue weighted by Gasteiger charge is 2.33. The molecular formula is C25H28N4O. The fraction of sp³-hybridized carbons (Fsp3) is 0.360. The van der Waals surface area contributed by atoms with Gasteiger partial charge in [0.15, 0.2) is 0 Å². The minimum atomic E-state index is 0.135. The van der Waals surface area contributed by atoms with Crippen LogP contribution >= 0.6 is 0 Å². The first-order chi connectivity index (χ1) is 14.7. The van der Waals surface area contributed by atoms with Crippen LogP contribution in [0.15, 0.2) is 54.6 Å². The Bertz CT molecular complexity index is 1040. The molecule has 1 saturated heterocycles. The lowest BCUT2D eigenvalue weighted by molar-refractivity contribution is 0.0790. The molecule has 2 aliphatic heterocycles. The number of aromatic amines is 1.